The Bertz CT molecular complexity index is 2020. The van der Waals surface area contributed by atoms with Crippen molar-refractivity contribution in [3.63, 3.8) is 0 Å². The Morgan fingerprint density at radius 2 is 0.907 bits per heavy atom. The molecule has 10 heteroatoms. The minimum atomic E-state index is -0.0607. The fraction of sp³-hybridized carbons (Fsp3) is 0.273. The summed E-state index contributed by atoms with van der Waals surface area (Å²) >= 11 is 12.5. The van der Waals surface area contributed by atoms with Gasteiger partial charge in [0.25, 0.3) is 0 Å². The van der Waals surface area contributed by atoms with Crippen LogP contribution in [-0.2, 0) is 22.7 Å². The first-order valence-electron chi connectivity index (χ1n) is 18.4. The van der Waals surface area contributed by atoms with Gasteiger partial charge in [0, 0.05) is 47.8 Å². The fourth-order valence-corrected chi connectivity index (χ4v) is 6.94. The number of carbonyl (C=O) groups excluding carboxylic acids is 2. The van der Waals surface area contributed by atoms with E-state index in [1.807, 2.05) is 60.9 Å². The SMILES string of the molecule is CC(C)[C@H](CC(=O)NCc1ccccc1Cl)c1ncc(-c2ccc(-c3ccc(-c4cnc([C@@H](CC(=O)NCc5ccccc5Cl)C(C)C)[nH]4)cc3)cc2)[nH]1. The molecule has 4 aromatic carbocycles. The van der Waals surface area contributed by atoms with Crippen LogP contribution >= 0.6 is 23.2 Å². The molecule has 2 heterocycles. The maximum absolute atomic E-state index is 12.9. The van der Waals surface area contributed by atoms with Gasteiger partial charge >= 0.3 is 0 Å². The molecule has 2 amide bonds. The highest BCUT2D eigenvalue weighted by Crippen LogP contribution is 2.32. The topological polar surface area (TPSA) is 116 Å². The number of amides is 2. The smallest absolute Gasteiger partial charge is 0.221 e. The van der Waals surface area contributed by atoms with Crippen molar-refractivity contribution >= 4 is 35.0 Å². The lowest BCUT2D eigenvalue weighted by Gasteiger charge is -2.18. The number of H-pyrrole nitrogens is 2. The molecule has 2 atom stereocenters. The second kappa shape index (κ2) is 17.8. The predicted molar refractivity (Wildman–Crippen MR) is 218 cm³/mol. The van der Waals surface area contributed by atoms with Gasteiger partial charge in [0.1, 0.15) is 11.6 Å². The van der Waals surface area contributed by atoms with E-state index in [1.54, 1.807) is 0 Å². The van der Waals surface area contributed by atoms with Crippen molar-refractivity contribution in [2.24, 2.45) is 11.8 Å². The third-order valence-corrected chi connectivity index (χ3v) is 10.6. The van der Waals surface area contributed by atoms with E-state index in [2.05, 4.69) is 107 Å². The number of nitrogens with one attached hydrogen (secondary N) is 4. The van der Waals surface area contributed by atoms with Gasteiger partial charge in [-0.3, -0.25) is 9.59 Å². The zero-order chi connectivity index (χ0) is 38.2. The summed E-state index contributed by atoms with van der Waals surface area (Å²) in [5.41, 5.74) is 7.80. The number of hydrogen-bond donors (Lipinski definition) is 4. The van der Waals surface area contributed by atoms with Crippen molar-refractivity contribution in [3.05, 3.63) is 142 Å². The van der Waals surface area contributed by atoms with Crippen LogP contribution in [0.1, 0.15) is 75.1 Å². The monoisotopic (exact) mass is 760 g/mol. The van der Waals surface area contributed by atoms with E-state index in [9.17, 15) is 9.59 Å². The van der Waals surface area contributed by atoms with Gasteiger partial charge in [0.2, 0.25) is 11.8 Å². The van der Waals surface area contributed by atoms with Gasteiger partial charge < -0.3 is 20.6 Å². The molecule has 8 nitrogen and oxygen atoms in total. The molecule has 4 N–H and O–H groups in total. The first-order chi connectivity index (χ1) is 26.0. The largest absolute Gasteiger partial charge is 0.352 e. The Balaban J connectivity index is 1.06. The Labute approximate surface area is 327 Å². The number of aromatic nitrogens is 4. The van der Waals surface area contributed by atoms with Crippen LogP contribution in [0.5, 0.6) is 0 Å². The minimum absolute atomic E-state index is 0.0414. The summed E-state index contributed by atoms with van der Waals surface area (Å²) in [5, 5.41) is 7.29. The molecule has 0 aliphatic carbocycles. The molecule has 0 unspecified atom stereocenters. The number of imidazole rings is 2. The number of nitrogens with zero attached hydrogens (tertiary/aromatic N) is 2. The van der Waals surface area contributed by atoms with Crippen LogP contribution in [0, 0.1) is 11.8 Å². The molecule has 0 radical (unpaired) electrons. The fourth-order valence-electron chi connectivity index (χ4n) is 6.54. The van der Waals surface area contributed by atoms with E-state index < -0.39 is 0 Å². The molecular weight excluding hydrogens is 715 g/mol. The molecule has 0 aliphatic heterocycles. The lowest BCUT2D eigenvalue weighted by atomic mass is 9.91. The van der Waals surface area contributed by atoms with Gasteiger partial charge in [-0.25, -0.2) is 9.97 Å². The second-order valence-electron chi connectivity index (χ2n) is 14.4. The molecule has 2 aromatic heterocycles. The third kappa shape index (κ3) is 9.67. The van der Waals surface area contributed by atoms with Gasteiger partial charge in [0.05, 0.1) is 23.8 Å². The van der Waals surface area contributed by atoms with E-state index in [4.69, 9.17) is 23.2 Å². The highest BCUT2D eigenvalue weighted by molar-refractivity contribution is 6.31. The maximum Gasteiger partial charge on any atom is 0.221 e. The highest BCUT2D eigenvalue weighted by Gasteiger charge is 2.24. The van der Waals surface area contributed by atoms with Crippen LogP contribution < -0.4 is 10.6 Å². The van der Waals surface area contributed by atoms with Crippen LogP contribution in [0.3, 0.4) is 0 Å². The van der Waals surface area contributed by atoms with Gasteiger partial charge in [-0.1, -0.05) is 136 Å². The normalized spacial score (nSPS) is 12.5. The first kappa shape index (κ1) is 38.5. The van der Waals surface area contributed by atoms with Crippen LogP contribution in [0.15, 0.2) is 109 Å². The average molecular weight is 762 g/mol. The van der Waals surface area contributed by atoms with Crippen molar-refractivity contribution in [2.45, 2.75) is 65.5 Å². The summed E-state index contributed by atoms with van der Waals surface area (Å²) in [7, 11) is 0. The molecule has 0 saturated heterocycles. The zero-order valence-electron chi connectivity index (χ0n) is 31.0. The van der Waals surface area contributed by atoms with Crippen LogP contribution in [0.2, 0.25) is 10.0 Å². The van der Waals surface area contributed by atoms with Crippen molar-refractivity contribution in [1.29, 1.82) is 0 Å². The molecular formula is C44H46Cl2N6O2. The Kier molecular flexibility index (Phi) is 12.7. The van der Waals surface area contributed by atoms with E-state index in [1.165, 1.54) is 0 Å². The molecule has 6 aromatic rings. The van der Waals surface area contributed by atoms with E-state index in [0.717, 1.165) is 56.4 Å². The van der Waals surface area contributed by atoms with Gasteiger partial charge in [-0.2, -0.15) is 0 Å². The summed E-state index contributed by atoms with van der Waals surface area (Å²) in [6.45, 7) is 9.20. The third-order valence-electron chi connectivity index (χ3n) is 9.91. The van der Waals surface area contributed by atoms with Crippen molar-refractivity contribution in [2.75, 3.05) is 0 Å². The quantitative estimate of drug-likeness (QED) is 0.0834. The standard InChI is InChI=1S/C44H46Cl2N6O2/c1-27(2)35(21-41(53)47-23-33-9-5-7-11-37(33)45)43-49-25-39(51-43)31-17-13-29(14-18-31)30-15-19-32(20-16-30)40-26-50-44(52-40)36(28(3)4)22-42(54)48-24-34-10-6-8-12-38(34)46/h5-20,25-28,35-36H,21-24H2,1-4H3,(H,47,53)(H,48,54)(H,49,51)(H,50,52)/t35-,36-/m0/s1. The number of carbonyl (C=O) groups is 2. The first-order valence-corrected chi connectivity index (χ1v) is 19.1. The minimum Gasteiger partial charge on any atom is -0.352 e. The van der Waals surface area contributed by atoms with Crippen molar-refractivity contribution in [1.82, 2.24) is 30.6 Å². The molecule has 278 valence electrons. The molecule has 0 bridgehead atoms. The zero-order valence-corrected chi connectivity index (χ0v) is 32.5. The van der Waals surface area contributed by atoms with Gasteiger partial charge in [-0.15, -0.1) is 0 Å². The number of aromatic amines is 2. The van der Waals surface area contributed by atoms with Crippen LogP contribution in [0.4, 0.5) is 0 Å². The van der Waals surface area contributed by atoms with Crippen LogP contribution in [-0.4, -0.2) is 31.8 Å². The van der Waals surface area contributed by atoms with Gasteiger partial charge in [0.15, 0.2) is 0 Å². The number of halogens is 2. The average Bonchev–Trinajstić information content (AvgIpc) is 3.87. The van der Waals surface area contributed by atoms with E-state index in [0.29, 0.717) is 36.0 Å². The Hall–Kier alpha value is -5.18. The summed E-state index contributed by atoms with van der Waals surface area (Å²) in [6.07, 6.45) is 4.33. The molecule has 0 aliphatic rings. The highest BCUT2D eigenvalue weighted by atomic mass is 35.5. The molecule has 6 rings (SSSR count). The summed E-state index contributed by atoms with van der Waals surface area (Å²) in [6, 6.07) is 31.8. The predicted octanol–water partition coefficient (Wildman–Crippen LogP) is 10.3. The Morgan fingerprint density at radius 3 is 1.26 bits per heavy atom. The lowest BCUT2D eigenvalue weighted by molar-refractivity contribution is -0.122. The van der Waals surface area contributed by atoms with E-state index >= 15 is 0 Å². The van der Waals surface area contributed by atoms with E-state index in [-0.39, 0.29) is 35.5 Å². The maximum atomic E-state index is 12.9. The summed E-state index contributed by atoms with van der Waals surface area (Å²) in [5.74, 6) is 1.81. The van der Waals surface area contributed by atoms with Crippen molar-refractivity contribution in [3.8, 4) is 33.6 Å². The van der Waals surface area contributed by atoms with Gasteiger partial charge in [-0.05, 0) is 57.3 Å². The van der Waals surface area contributed by atoms with Crippen molar-refractivity contribution < 1.29 is 9.59 Å². The number of rotatable bonds is 15. The second-order valence-corrected chi connectivity index (χ2v) is 15.2. The van der Waals surface area contributed by atoms with Crippen LogP contribution in [0.25, 0.3) is 33.6 Å². The summed E-state index contributed by atoms with van der Waals surface area (Å²) < 4.78 is 0. The molecule has 0 spiro atoms. The Morgan fingerprint density at radius 1 is 0.556 bits per heavy atom. The summed E-state index contributed by atoms with van der Waals surface area (Å²) in [4.78, 5) is 42.1. The molecule has 54 heavy (non-hydrogen) atoms. The molecule has 0 saturated carbocycles. The molecule has 0 fully saturated rings. The number of hydrogen-bond acceptors (Lipinski definition) is 4. The number of benzene rings is 4. The lowest BCUT2D eigenvalue weighted by Crippen LogP contribution is -2.26.